The van der Waals surface area contributed by atoms with Crippen LogP contribution in [0.3, 0.4) is 0 Å². The second-order valence-corrected chi connectivity index (χ2v) is 7.18. The highest BCUT2D eigenvalue weighted by atomic mass is 35.5. The normalized spacial score (nSPS) is 15.2. The molecular formula is C19H15ClN4O2S. The van der Waals surface area contributed by atoms with Crippen molar-refractivity contribution in [1.82, 2.24) is 10.1 Å². The van der Waals surface area contributed by atoms with Crippen LogP contribution in [0.4, 0.5) is 5.69 Å². The molecule has 1 amide bonds. The number of benzene rings is 2. The Balaban J connectivity index is 2.11. The van der Waals surface area contributed by atoms with Gasteiger partial charge in [0, 0.05) is 12.0 Å². The lowest BCUT2D eigenvalue weighted by molar-refractivity contribution is -0.764. The molecule has 136 valence electrons. The van der Waals surface area contributed by atoms with Crippen molar-refractivity contribution in [2.75, 3.05) is 11.2 Å². The number of rotatable bonds is 2. The molecule has 0 fully saturated rings. The monoisotopic (exact) mass is 398 g/mol. The quantitative estimate of drug-likeness (QED) is 0.490. The largest absolute Gasteiger partial charge is 0.854 e. The molecule has 0 saturated heterocycles. The maximum atomic E-state index is 12.8. The summed E-state index contributed by atoms with van der Waals surface area (Å²) >= 11 is 7.73. The van der Waals surface area contributed by atoms with Gasteiger partial charge >= 0.3 is 0 Å². The fourth-order valence-corrected chi connectivity index (χ4v) is 3.90. The lowest BCUT2D eigenvalue weighted by atomic mass is 10.0. The molecule has 27 heavy (non-hydrogen) atoms. The second kappa shape index (κ2) is 6.83. The molecule has 0 spiro atoms. The van der Waals surface area contributed by atoms with Crippen molar-refractivity contribution >= 4 is 35.0 Å². The first-order chi connectivity index (χ1) is 13.0. The first-order valence-electron chi connectivity index (χ1n) is 8.21. The highest BCUT2D eigenvalue weighted by molar-refractivity contribution is 7.98. The number of hydrogen-bond donors (Lipinski definition) is 0. The molecule has 8 heteroatoms. The van der Waals surface area contributed by atoms with Crippen molar-refractivity contribution in [3.05, 3.63) is 59.1 Å². The predicted octanol–water partition coefficient (Wildman–Crippen LogP) is 2.79. The van der Waals surface area contributed by atoms with Gasteiger partial charge in [0.2, 0.25) is 5.91 Å². The Hall–Kier alpha value is -2.64. The number of fused-ring (bicyclic) bond motifs is 3. The lowest BCUT2D eigenvalue weighted by Crippen LogP contribution is -2.58. The van der Waals surface area contributed by atoms with Crippen molar-refractivity contribution in [3.63, 3.8) is 0 Å². The maximum absolute atomic E-state index is 12.8. The number of hydrogen-bond acceptors (Lipinski definition) is 5. The molecule has 0 bridgehead atoms. The fourth-order valence-electron chi connectivity index (χ4n) is 3.33. The Morgan fingerprint density at radius 3 is 2.63 bits per heavy atom. The number of nitrogens with zero attached hydrogens (tertiary/aromatic N) is 4. The van der Waals surface area contributed by atoms with Crippen LogP contribution in [-0.4, -0.2) is 22.2 Å². The second-order valence-electron chi connectivity index (χ2n) is 6.00. The van der Waals surface area contributed by atoms with Crippen molar-refractivity contribution in [1.29, 1.82) is 0 Å². The van der Waals surface area contributed by atoms with Crippen molar-refractivity contribution in [2.45, 2.75) is 18.2 Å². The molecule has 1 aliphatic rings. The number of anilines is 1. The Kier molecular flexibility index (Phi) is 4.49. The van der Waals surface area contributed by atoms with Crippen molar-refractivity contribution in [3.8, 4) is 17.1 Å². The van der Waals surface area contributed by atoms with Gasteiger partial charge in [-0.2, -0.15) is 0 Å². The van der Waals surface area contributed by atoms with Gasteiger partial charge in [-0.1, -0.05) is 52.3 Å². The third kappa shape index (κ3) is 2.83. The van der Waals surface area contributed by atoms with Gasteiger partial charge < -0.3 is 5.11 Å². The number of amides is 1. The van der Waals surface area contributed by atoms with Crippen LogP contribution in [0.5, 0.6) is 5.88 Å². The van der Waals surface area contributed by atoms with E-state index in [2.05, 4.69) is 10.1 Å². The van der Waals surface area contributed by atoms with E-state index in [9.17, 15) is 9.90 Å². The average molecular weight is 399 g/mol. The summed E-state index contributed by atoms with van der Waals surface area (Å²) in [4.78, 5) is 18.3. The van der Waals surface area contributed by atoms with Crippen LogP contribution in [0.25, 0.3) is 11.3 Å². The van der Waals surface area contributed by atoms with Gasteiger partial charge in [-0.05, 0) is 30.5 Å². The lowest BCUT2D eigenvalue weighted by Gasteiger charge is -2.33. The number of carbonyl (C=O) groups is 1. The number of halogens is 1. The summed E-state index contributed by atoms with van der Waals surface area (Å²) in [5, 5.41) is 18.2. The molecule has 0 saturated carbocycles. The van der Waals surface area contributed by atoms with Crippen LogP contribution < -0.4 is 14.7 Å². The van der Waals surface area contributed by atoms with Crippen molar-refractivity contribution < 1.29 is 14.6 Å². The highest BCUT2D eigenvalue weighted by Crippen LogP contribution is 2.41. The van der Waals surface area contributed by atoms with E-state index in [0.717, 1.165) is 0 Å². The zero-order chi connectivity index (χ0) is 19.1. The smallest absolute Gasteiger partial charge is 0.294 e. The molecule has 1 aromatic heterocycles. The van der Waals surface area contributed by atoms with Gasteiger partial charge in [0.25, 0.3) is 17.0 Å². The van der Waals surface area contributed by atoms with Crippen LogP contribution in [0.15, 0.2) is 53.7 Å². The van der Waals surface area contributed by atoms with E-state index in [1.54, 1.807) is 28.0 Å². The molecule has 6 nitrogen and oxygen atoms in total. The number of para-hydroxylation sites is 1. The summed E-state index contributed by atoms with van der Waals surface area (Å²) in [6, 6.07) is 14.5. The number of thioether (sulfide) groups is 1. The first kappa shape index (κ1) is 17.8. The third-order valence-corrected chi connectivity index (χ3v) is 5.30. The Labute approximate surface area is 165 Å². The molecular weight excluding hydrogens is 384 g/mol. The Bertz CT molecular complexity index is 1060. The molecule has 3 aromatic rings. The molecule has 0 aliphatic carbocycles. The Morgan fingerprint density at radius 2 is 1.93 bits per heavy atom. The molecule has 1 aliphatic heterocycles. The van der Waals surface area contributed by atoms with Gasteiger partial charge in [0.1, 0.15) is 0 Å². The maximum Gasteiger partial charge on any atom is 0.294 e. The van der Waals surface area contributed by atoms with E-state index in [1.807, 2.05) is 36.4 Å². The van der Waals surface area contributed by atoms with Crippen molar-refractivity contribution in [2.24, 2.45) is 0 Å². The van der Waals surface area contributed by atoms with E-state index in [-0.39, 0.29) is 11.8 Å². The minimum atomic E-state index is -0.678. The minimum absolute atomic E-state index is 0.178. The Morgan fingerprint density at radius 1 is 1.22 bits per heavy atom. The van der Waals surface area contributed by atoms with E-state index < -0.39 is 6.17 Å². The van der Waals surface area contributed by atoms with E-state index >= 15 is 0 Å². The minimum Gasteiger partial charge on any atom is -0.854 e. The van der Waals surface area contributed by atoms with E-state index in [1.165, 1.54) is 18.7 Å². The van der Waals surface area contributed by atoms with Crippen LogP contribution in [-0.2, 0) is 4.79 Å². The number of carbonyl (C=O) groups excluding carboxylic acids is 1. The molecule has 4 rings (SSSR count). The third-order valence-electron chi connectivity index (χ3n) is 4.42. The van der Waals surface area contributed by atoms with Crippen LogP contribution in [0, 0.1) is 0 Å². The summed E-state index contributed by atoms with van der Waals surface area (Å²) in [7, 11) is 0. The topological polar surface area (TPSA) is 73.0 Å². The van der Waals surface area contributed by atoms with Gasteiger partial charge in [-0.25, -0.2) is 9.88 Å². The predicted molar refractivity (Wildman–Crippen MR) is 102 cm³/mol. The average Bonchev–Trinajstić information content (AvgIpc) is 2.66. The van der Waals surface area contributed by atoms with Crippen LogP contribution in [0.1, 0.15) is 18.7 Å². The molecule has 1 unspecified atom stereocenters. The molecule has 2 heterocycles. The number of aromatic nitrogens is 3. The van der Waals surface area contributed by atoms with E-state index in [4.69, 9.17) is 11.6 Å². The summed E-state index contributed by atoms with van der Waals surface area (Å²) in [6.07, 6.45) is 1.12. The van der Waals surface area contributed by atoms with E-state index in [0.29, 0.717) is 32.7 Å². The zero-order valence-corrected chi connectivity index (χ0v) is 16.2. The fraction of sp³-hybridized carbons (Fsp3) is 0.158. The van der Waals surface area contributed by atoms with Crippen LogP contribution in [0.2, 0.25) is 5.02 Å². The summed E-state index contributed by atoms with van der Waals surface area (Å²) in [5.41, 5.74) is 2.27. The first-order valence-corrected chi connectivity index (χ1v) is 9.81. The van der Waals surface area contributed by atoms with Gasteiger partial charge in [-0.3, -0.25) is 4.79 Å². The molecule has 1 atom stereocenters. The standard InChI is InChI=1S/C19H15ClN4O2S/c1-11(25)23-15-10-6-4-8-13(15)16-17(26)21-19(27-2)22-24(16)18(23)12-7-3-5-9-14(12)20/h3-10,18H,1-2H3. The van der Waals surface area contributed by atoms with Gasteiger partial charge in [-0.15, -0.1) is 0 Å². The van der Waals surface area contributed by atoms with Gasteiger partial charge in [0.15, 0.2) is 0 Å². The van der Waals surface area contributed by atoms with Gasteiger partial charge in [0.05, 0.1) is 27.7 Å². The summed E-state index contributed by atoms with van der Waals surface area (Å²) in [6.45, 7) is 1.49. The molecule has 0 radical (unpaired) electrons. The molecule has 2 aromatic carbocycles. The van der Waals surface area contributed by atoms with Crippen LogP contribution >= 0.6 is 23.4 Å². The summed E-state index contributed by atoms with van der Waals surface area (Å²) < 4.78 is 1.56. The molecule has 0 N–H and O–H groups in total. The summed E-state index contributed by atoms with van der Waals surface area (Å²) in [5.74, 6) is -0.565. The zero-order valence-electron chi connectivity index (χ0n) is 14.6. The SMILES string of the molecule is CSc1nc([O-])c2[n+](n1)C(c1ccccc1Cl)N(C(C)=O)c1ccccc1-2. The highest BCUT2D eigenvalue weighted by Gasteiger charge is 2.44.